The van der Waals surface area contributed by atoms with Crippen LogP contribution in [0, 0.1) is 12.3 Å². The average molecular weight is 312 g/mol. The number of carbonyl (C=O) groups excluding carboxylic acids is 1. The number of anilines is 1. The number of piperazine rings is 1. The highest BCUT2D eigenvalue weighted by molar-refractivity contribution is 5.76. The van der Waals surface area contributed by atoms with Gasteiger partial charge in [0.2, 0.25) is 11.9 Å². The zero-order valence-electron chi connectivity index (χ0n) is 13.1. The van der Waals surface area contributed by atoms with Crippen LogP contribution in [0.25, 0.3) is 0 Å². The van der Waals surface area contributed by atoms with Gasteiger partial charge in [-0.25, -0.2) is 9.97 Å². The Bertz CT molecular complexity index is 609. The fourth-order valence-corrected chi connectivity index (χ4v) is 2.74. The topological polar surface area (TPSA) is 74.1 Å². The number of aromatic nitrogens is 2. The zero-order valence-corrected chi connectivity index (χ0v) is 13.1. The Labute approximate surface area is 135 Å². The summed E-state index contributed by atoms with van der Waals surface area (Å²) in [5.74, 6) is 3.49. The van der Waals surface area contributed by atoms with E-state index >= 15 is 0 Å². The number of hydrogen-bond donors (Lipinski definition) is 0. The Morgan fingerprint density at radius 1 is 1.17 bits per heavy atom. The second kappa shape index (κ2) is 6.73. The van der Waals surface area contributed by atoms with Gasteiger partial charge in [0, 0.05) is 64.3 Å². The van der Waals surface area contributed by atoms with E-state index in [9.17, 15) is 4.79 Å². The van der Waals surface area contributed by atoms with E-state index < -0.39 is 0 Å². The molecule has 7 nitrogen and oxygen atoms in total. The fraction of sp³-hybridized carbons (Fsp3) is 0.562. The molecule has 2 aliphatic rings. The van der Waals surface area contributed by atoms with Gasteiger partial charge in [0.05, 0.1) is 0 Å². The third-order valence-electron chi connectivity index (χ3n) is 4.26. The van der Waals surface area contributed by atoms with Crippen molar-refractivity contribution in [3.05, 3.63) is 18.5 Å². The van der Waals surface area contributed by atoms with Crippen LogP contribution < -0.4 is 4.90 Å². The molecule has 1 aromatic rings. The van der Waals surface area contributed by atoms with Crippen molar-refractivity contribution in [1.82, 2.24) is 14.9 Å². The Morgan fingerprint density at radius 3 is 2.48 bits per heavy atom. The molecule has 0 unspecified atom stereocenters. The number of carbonyl (C=O) groups is 1. The molecule has 1 amide bonds. The first-order chi connectivity index (χ1) is 11.2. The first-order valence-electron chi connectivity index (χ1n) is 7.90. The highest BCUT2D eigenvalue weighted by atomic mass is 16.2. The van der Waals surface area contributed by atoms with Crippen molar-refractivity contribution in [1.29, 1.82) is 0 Å². The molecule has 0 aromatic carbocycles. The smallest absolute Gasteiger partial charge is 0.225 e. The first kappa shape index (κ1) is 15.4. The van der Waals surface area contributed by atoms with Gasteiger partial charge >= 0.3 is 0 Å². The van der Waals surface area contributed by atoms with Gasteiger partial charge in [-0.2, -0.15) is 10.2 Å². The van der Waals surface area contributed by atoms with E-state index in [0.717, 1.165) is 25.5 Å². The first-order valence-corrected chi connectivity index (χ1v) is 7.90. The van der Waals surface area contributed by atoms with E-state index in [1.807, 2.05) is 4.90 Å². The van der Waals surface area contributed by atoms with Gasteiger partial charge in [0.1, 0.15) is 0 Å². The maximum Gasteiger partial charge on any atom is 0.225 e. The van der Waals surface area contributed by atoms with Crippen LogP contribution >= 0.6 is 0 Å². The normalized spacial score (nSPS) is 18.6. The predicted molar refractivity (Wildman–Crippen MR) is 85.7 cm³/mol. The van der Waals surface area contributed by atoms with Crippen molar-refractivity contribution in [2.24, 2.45) is 10.2 Å². The lowest BCUT2D eigenvalue weighted by Crippen LogP contribution is -2.49. The van der Waals surface area contributed by atoms with Crippen LogP contribution in [0.2, 0.25) is 0 Å². The summed E-state index contributed by atoms with van der Waals surface area (Å²) in [6.45, 7) is 2.91. The number of hydrogen-bond acceptors (Lipinski definition) is 6. The van der Waals surface area contributed by atoms with Gasteiger partial charge in [0.25, 0.3) is 0 Å². The van der Waals surface area contributed by atoms with Crippen molar-refractivity contribution in [2.75, 3.05) is 31.1 Å². The largest absolute Gasteiger partial charge is 0.339 e. The van der Waals surface area contributed by atoms with Crippen LogP contribution in [0.4, 0.5) is 5.95 Å². The summed E-state index contributed by atoms with van der Waals surface area (Å²) in [7, 11) is 0. The van der Waals surface area contributed by atoms with E-state index in [2.05, 4.69) is 31.0 Å². The van der Waals surface area contributed by atoms with Crippen molar-refractivity contribution in [3.63, 3.8) is 0 Å². The summed E-state index contributed by atoms with van der Waals surface area (Å²) in [5.41, 5.74) is -0.373. The van der Waals surface area contributed by atoms with Crippen molar-refractivity contribution >= 4 is 11.9 Å². The van der Waals surface area contributed by atoms with Crippen LogP contribution in [-0.2, 0) is 4.79 Å². The highest BCUT2D eigenvalue weighted by Crippen LogP contribution is 2.37. The molecule has 0 aliphatic carbocycles. The highest BCUT2D eigenvalue weighted by Gasteiger charge is 2.39. The fourth-order valence-electron chi connectivity index (χ4n) is 2.74. The van der Waals surface area contributed by atoms with Crippen LogP contribution in [-0.4, -0.2) is 52.6 Å². The van der Waals surface area contributed by atoms with Crippen molar-refractivity contribution < 1.29 is 4.79 Å². The molecule has 23 heavy (non-hydrogen) atoms. The van der Waals surface area contributed by atoms with E-state index in [4.69, 9.17) is 6.42 Å². The molecule has 1 saturated heterocycles. The van der Waals surface area contributed by atoms with E-state index in [1.165, 1.54) is 0 Å². The molecule has 120 valence electrons. The molecule has 1 aromatic heterocycles. The molecule has 0 N–H and O–H groups in total. The van der Waals surface area contributed by atoms with Gasteiger partial charge < -0.3 is 9.80 Å². The Hall–Kier alpha value is -2.49. The number of rotatable bonds is 6. The summed E-state index contributed by atoms with van der Waals surface area (Å²) in [6, 6.07) is 1.80. The average Bonchev–Trinajstić information content (AvgIpc) is 3.39. The Kier molecular flexibility index (Phi) is 4.51. The minimum atomic E-state index is -0.373. The summed E-state index contributed by atoms with van der Waals surface area (Å²) < 4.78 is 0. The second-order valence-electron chi connectivity index (χ2n) is 5.80. The monoisotopic (exact) mass is 312 g/mol. The number of amides is 1. The Morgan fingerprint density at radius 2 is 1.87 bits per heavy atom. The minimum Gasteiger partial charge on any atom is -0.339 e. The number of nitrogens with zero attached hydrogens (tertiary/aromatic N) is 6. The molecule has 2 aliphatic heterocycles. The van der Waals surface area contributed by atoms with E-state index in [-0.39, 0.29) is 11.6 Å². The van der Waals surface area contributed by atoms with Crippen molar-refractivity contribution in [3.8, 4) is 12.3 Å². The third kappa shape index (κ3) is 3.83. The predicted octanol–water partition coefficient (Wildman–Crippen LogP) is 1.48. The lowest BCUT2D eigenvalue weighted by molar-refractivity contribution is -0.131. The molecular weight excluding hydrogens is 292 g/mol. The lowest BCUT2D eigenvalue weighted by atomic mass is 10.0. The van der Waals surface area contributed by atoms with Gasteiger partial charge in [-0.15, -0.1) is 12.3 Å². The molecule has 0 atom stereocenters. The molecule has 0 radical (unpaired) electrons. The van der Waals surface area contributed by atoms with Crippen molar-refractivity contribution in [2.45, 2.75) is 31.3 Å². The lowest BCUT2D eigenvalue weighted by Gasteiger charge is -2.34. The molecule has 7 heteroatoms. The summed E-state index contributed by atoms with van der Waals surface area (Å²) in [5, 5.41) is 8.15. The molecule has 1 fully saturated rings. The maximum absolute atomic E-state index is 12.3. The molecule has 3 heterocycles. The standard InChI is InChI=1S/C16H20N6O/c1-2-3-6-16(19-20-16)7-5-14(23)21-10-12-22(13-11-21)15-17-8-4-9-18-15/h1,4,8-9H,3,5-7,10-13H2. The molecule has 0 saturated carbocycles. The van der Waals surface area contributed by atoms with Gasteiger partial charge in [-0.05, 0) is 6.07 Å². The number of terminal acetylenes is 1. The molecular formula is C16H20N6O. The van der Waals surface area contributed by atoms with Gasteiger partial charge in [-0.3, -0.25) is 4.79 Å². The molecule has 0 bridgehead atoms. The summed E-state index contributed by atoms with van der Waals surface area (Å²) in [6.07, 6.45) is 11.3. The maximum atomic E-state index is 12.3. The zero-order chi connectivity index (χ0) is 16.1. The van der Waals surface area contributed by atoms with Crippen LogP contribution in [0.5, 0.6) is 0 Å². The second-order valence-corrected chi connectivity index (χ2v) is 5.80. The van der Waals surface area contributed by atoms with Crippen LogP contribution in [0.1, 0.15) is 25.7 Å². The van der Waals surface area contributed by atoms with Crippen LogP contribution in [0.3, 0.4) is 0 Å². The Balaban J connectivity index is 1.43. The van der Waals surface area contributed by atoms with E-state index in [0.29, 0.717) is 32.4 Å². The van der Waals surface area contributed by atoms with Crippen LogP contribution in [0.15, 0.2) is 28.7 Å². The van der Waals surface area contributed by atoms with Gasteiger partial charge in [-0.1, -0.05) is 0 Å². The van der Waals surface area contributed by atoms with E-state index in [1.54, 1.807) is 18.5 Å². The minimum absolute atomic E-state index is 0.163. The summed E-state index contributed by atoms with van der Waals surface area (Å²) in [4.78, 5) is 24.8. The van der Waals surface area contributed by atoms with Gasteiger partial charge in [0.15, 0.2) is 5.66 Å². The SMILES string of the molecule is C#CCCC1(CCC(=O)N2CCN(c3ncccn3)CC2)N=N1. The summed E-state index contributed by atoms with van der Waals surface area (Å²) >= 11 is 0. The molecule has 0 spiro atoms. The third-order valence-corrected chi connectivity index (χ3v) is 4.26. The quantitative estimate of drug-likeness (QED) is 0.746. The molecule has 3 rings (SSSR count).